The Morgan fingerprint density at radius 1 is 1.05 bits per heavy atom. The van der Waals surface area contributed by atoms with Crippen LogP contribution in [0.3, 0.4) is 0 Å². The quantitative estimate of drug-likeness (QED) is 0.536. The molecule has 1 fully saturated rings. The van der Waals surface area contributed by atoms with Gasteiger partial charge in [-0.2, -0.15) is 4.31 Å². The first-order valence-electron chi connectivity index (χ1n) is 13.0. The van der Waals surface area contributed by atoms with Crippen LogP contribution >= 0.6 is 11.3 Å². The van der Waals surface area contributed by atoms with Gasteiger partial charge >= 0.3 is 0 Å². The molecule has 2 aromatic rings. The van der Waals surface area contributed by atoms with Gasteiger partial charge in [0.2, 0.25) is 10.0 Å². The van der Waals surface area contributed by atoms with E-state index in [0.717, 1.165) is 36.4 Å². The van der Waals surface area contributed by atoms with Crippen molar-refractivity contribution in [2.45, 2.75) is 76.8 Å². The summed E-state index contributed by atoms with van der Waals surface area (Å²) < 4.78 is 27.0. The van der Waals surface area contributed by atoms with Crippen molar-refractivity contribution in [2.24, 2.45) is 0 Å². The number of sulfonamides is 1. The molecule has 0 unspecified atom stereocenters. The van der Waals surface area contributed by atoms with Crippen LogP contribution in [0.4, 0.5) is 5.00 Å². The summed E-state index contributed by atoms with van der Waals surface area (Å²) in [6.45, 7) is 14.3. The van der Waals surface area contributed by atoms with Crippen molar-refractivity contribution in [1.82, 2.24) is 14.5 Å². The number of nitrogens with zero attached hydrogens (tertiary/aromatic N) is 2. The van der Waals surface area contributed by atoms with Gasteiger partial charge in [-0.3, -0.25) is 9.59 Å². The molecule has 10 heteroatoms. The van der Waals surface area contributed by atoms with Crippen molar-refractivity contribution < 1.29 is 18.0 Å². The number of fused-ring (bicyclic) bond motifs is 1. The van der Waals surface area contributed by atoms with E-state index >= 15 is 0 Å². The maximum Gasteiger partial charge on any atom is 0.257 e. The Kier molecular flexibility index (Phi) is 7.60. The third-order valence-corrected chi connectivity index (χ3v) is 10.7. The highest BCUT2D eigenvalue weighted by Crippen LogP contribution is 2.45. The second-order valence-electron chi connectivity index (χ2n) is 11.0. The van der Waals surface area contributed by atoms with Gasteiger partial charge in [-0.15, -0.1) is 11.3 Å². The topological polar surface area (TPSA) is 98.8 Å². The summed E-state index contributed by atoms with van der Waals surface area (Å²) >= 11 is 1.45. The summed E-state index contributed by atoms with van der Waals surface area (Å²) in [6.07, 6.45) is 2.66. The molecule has 2 amide bonds. The molecular formula is C27H38N4O4S2. The van der Waals surface area contributed by atoms with E-state index in [1.807, 2.05) is 4.90 Å². The summed E-state index contributed by atoms with van der Waals surface area (Å²) in [5, 5.41) is 7.23. The number of rotatable bonds is 7. The van der Waals surface area contributed by atoms with Crippen LogP contribution in [0.15, 0.2) is 29.2 Å². The first-order chi connectivity index (χ1) is 17.3. The number of carbonyl (C=O) groups excluding carboxylic acids is 2. The van der Waals surface area contributed by atoms with Crippen LogP contribution in [-0.2, 0) is 22.0 Å². The molecule has 0 bridgehead atoms. The Hall–Kier alpha value is -2.27. The maximum absolute atomic E-state index is 13.7. The van der Waals surface area contributed by atoms with Gasteiger partial charge in [0.05, 0.1) is 10.5 Å². The Morgan fingerprint density at radius 3 is 2.22 bits per heavy atom. The van der Waals surface area contributed by atoms with Crippen LogP contribution in [0, 0.1) is 0 Å². The number of amides is 2. The van der Waals surface area contributed by atoms with Gasteiger partial charge in [-0.1, -0.05) is 13.8 Å². The average Bonchev–Trinajstić information content (AvgIpc) is 3.47. The van der Waals surface area contributed by atoms with Gasteiger partial charge < -0.3 is 15.5 Å². The van der Waals surface area contributed by atoms with Crippen LogP contribution in [-0.4, -0.2) is 61.2 Å². The highest BCUT2D eigenvalue weighted by atomic mass is 32.2. The molecule has 1 aromatic carbocycles. The van der Waals surface area contributed by atoms with E-state index < -0.39 is 10.0 Å². The van der Waals surface area contributed by atoms with E-state index in [9.17, 15) is 18.0 Å². The molecule has 2 aliphatic rings. The Balaban J connectivity index is 1.68. The summed E-state index contributed by atoms with van der Waals surface area (Å²) in [6, 6.07) is 5.98. The lowest BCUT2D eigenvalue weighted by atomic mass is 9.81. The third kappa shape index (κ3) is 5.34. The molecule has 0 aliphatic carbocycles. The van der Waals surface area contributed by atoms with Crippen LogP contribution in [0.5, 0.6) is 0 Å². The fourth-order valence-electron chi connectivity index (χ4n) is 5.59. The highest BCUT2D eigenvalue weighted by molar-refractivity contribution is 7.89. The zero-order valence-corrected chi connectivity index (χ0v) is 24.2. The van der Waals surface area contributed by atoms with Crippen molar-refractivity contribution in [2.75, 3.05) is 31.5 Å². The van der Waals surface area contributed by atoms with Crippen LogP contribution < -0.4 is 10.6 Å². The first-order valence-corrected chi connectivity index (χ1v) is 15.2. The van der Waals surface area contributed by atoms with Gasteiger partial charge in [0.25, 0.3) is 11.8 Å². The number of carbonyl (C=O) groups is 2. The van der Waals surface area contributed by atoms with Gasteiger partial charge in [0.15, 0.2) is 0 Å². The molecule has 0 spiro atoms. The summed E-state index contributed by atoms with van der Waals surface area (Å²) in [4.78, 5) is 30.1. The summed E-state index contributed by atoms with van der Waals surface area (Å²) in [5.41, 5.74) is 1.38. The molecule has 2 aliphatic heterocycles. The second kappa shape index (κ2) is 10.1. The lowest BCUT2D eigenvalue weighted by Gasteiger charge is -2.42. The van der Waals surface area contributed by atoms with E-state index in [0.29, 0.717) is 35.6 Å². The lowest BCUT2D eigenvalue weighted by Crippen LogP contribution is -2.55. The first kappa shape index (κ1) is 27.8. The Bertz CT molecular complexity index is 1290. The number of hydrogen-bond donors (Lipinski definition) is 2. The molecule has 8 nitrogen and oxygen atoms in total. The van der Waals surface area contributed by atoms with Crippen LogP contribution in [0.1, 0.15) is 85.5 Å². The molecule has 1 saturated heterocycles. The fraction of sp³-hybridized carbons (Fsp3) is 0.556. The zero-order valence-electron chi connectivity index (χ0n) is 22.6. The van der Waals surface area contributed by atoms with Gasteiger partial charge in [0, 0.05) is 47.7 Å². The van der Waals surface area contributed by atoms with Gasteiger partial charge in [0.1, 0.15) is 5.00 Å². The van der Waals surface area contributed by atoms with Crippen molar-refractivity contribution in [3.05, 3.63) is 45.8 Å². The summed E-state index contributed by atoms with van der Waals surface area (Å²) in [7, 11) is -3.61. The molecule has 202 valence electrons. The van der Waals surface area contributed by atoms with Crippen molar-refractivity contribution in [1.29, 1.82) is 0 Å². The number of thiophene rings is 1. The number of hydrogen-bond acceptors (Lipinski definition) is 6. The van der Waals surface area contributed by atoms with Gasteiger partial charge in [-0.25, -0.2) is 8.42 Å². The third-order valence-electron chi connectivity index (χ3n) is 7.14. The number of nitrogens with one attached hydrogen (secondary N) is 2. The normalized spacial score (nSPS) is 18.6. The molecule has 37 heavy (non-hydrogen) atoms. The maximum atomic E-state index is 13.7. The van der Waals surface area contributed by atoms with E-state index in [2.05, 4.69) is 38.3 Å². The SMILES string of the molecule is CCN(CC)S(=O)(=O)c1ccc(C(=O)Nc2sc3c(c2C(=O)N2CCCC2)CC(C)(C)NC3(C)C)cc1. The molecule has 1 aromatic heterocycles. The number of benzene rings is 1. The zero-order chi connectivity index (χ0) is 27.2. The van der Waals surface area contributed by atoms with Crippen molar-refractivity contribution in [3.63, 3.8) is 0 Å². The van der Waals surface area contributed by atoms with Crippen LogP contribution in [0.25, 0.3) is 0 Å². The summed E-state index contributed by atoms with van der Waals surface area (Å²) in [5.74, 6) is -0.398. The standard InChI is InChI=1S/C27H38N4O4S2/c1-7-31(8-2)37(34,35)19-13-11-18(12-14-19)23(32)28-24-21(25(33)30-15-9-10-16-30)20-17-26(3,4)29-27(5,6)22(20)36-24/h11-14,29H,7-10,15-17H2,1-6H3,(H,28,32). The monoisotopic (exact) mass is 546 g/mol. The molecule has 0 radical (unpaired) electrons. The van der Waals surface area contributed by atoms with Crippen molar-refractivity contribution >= 4 is 38.2 Å². The molecule has 0 saturated carbocycles. The second-order valence-corrected chi connectivity index (χ2v) is 14.0. The molecule has 2 N–H and O–H groups in total. The lowest BCUT2D eigenvalue weighted by molar-refractivity contribution is 0.0792. The molecule has 3 heterocycles. The number of likely N-dealkylation sites (tertiary alicyclic amines) is 1. The predicted molar refractivity (Wildman–Crippen MR) is 148 cm³/mol. The van der Waals surface area contributed by atoms with E-state index in [1.54, 1.807) is 13.8 Å². The fourth-order valence-corrected chi connectivity index (χ4v) is 8.31. The predicted octanol–water partition coefficient (Wildman–Crippen LogP) is 4.43. The highest BCUT2D eigenvalue weighted by Gasteiger charge is 2.42. The van der Waals surface area contributed by atoms with E-state index in [-0.39, 0.29) is 27.8 Å². The Labute approximate surface area is 224 Å². The number of anilines is 1. The Morgan fingerprint density at radius 2 is 1.65 bits per heavy atom. The van der Waals surface area contributed by atoms with E-state index in [1.165, 1.54) is 39.9 Å². The molecule has 0 atom stereocenters. The van der Waals surface area contributed by atoms with Crippen molar-refractivity contribution in [3.8, 4) is 0 Å². The van der Waals surface area contributed by atoms with Gasteiger partial charge in [-0.05, 0) is 76.8 Å². The largest absolute Gasteiger partial charge is 0.339 e. The van der Waals surface area contributed by atoms with E-state index in [4.69, 9.17) is 0 Å². The smallest absolute Gasteiger partial charge is 0.257 e. The minimum atomic E-state index is -3.61. The van der Waals surface area contributed by atoms with Crippen LogP contribution in [0.2, 0.25) is 0 Å². The minimum absolute atomic E-state index is 0.0283. The molecule has 4 rings (SSSR count). The minimum Gasteiger partial charge on any atom is -0.339 e. The molecular weight excluding hydrogens is 508 g/mol. The average molecular weight is 547 g/mol.